The quantitative estimate of drug-likeness (QED) is 0.325. The first-order valence-corrected chi connectivity index (χ1v) is 14.5. The number of piperazine rings is 1. The number of aromatic nitrogens is 2. The van der Waals surface area contributed by atoms with Crippen LogP contribution in [0.25, 0.3) is 21.9 Å². The molecule has 0 unspecified atom stereocenters. The third-order valence-corrected chi connectivity index (χ3v) is 7.94. The Balaban J connectivity index is 1.49. The Bertz CT molecular complexity index is 1620. The molecule has 1 aromatic carbocycles. The molecule has 2 amide bonds. The van der Waals surface area contributed by atoms with Crippen LogP contribution < -0.4 is 9.64 Å². The summed E-state index contributed by atoms with van der Waals surface area (Å²) in [7, 11) is 0. The van der Waals surface area contributed by atoms with Crippen LogP contribution in [0.3, 0.4) is 0 Å². The second-order valence-corrected chi connectivity index (χ2v) is 12.4. The Morgan fingerprint density at radius 3 is 2.74 bits per heavy atom. The second kappa shape index (κ2) is 11.6. The van der Waals surface area contributed by atoms with Crippen LogP contribution in [0, 0.1) is 11.3 Å². The Hall–Kier alpha value is -3.99. The molecule has 5 rings (SSSR count). The summed E-state index contributed by atoms with van der Waals surface area (Å²) in [6.45, 7) is 8.48. The van der Waals surface area contributed by atoms with Gasteiger partial charge < -0.3 is 23.7 Å². The van der Waals surface area contributed by atoms with Crippen molar-refractivity contribution in [1.82, 2.24) is 19.8 Å². The Kier molecular flexibility index (Phi) is 8.22. The molecule has 0 bridgehead atoms. The molecule has 2 atom stereocenters. The van der Waals surface area contributed by atoms with E-state index in [4.69, 9.17) is 13.9 Å². The van der Waals surface area contributed by atoms with E-state index in [1.807, 2.05) is 4.90 Å². The number of benzene rings is 1. The van der Waals surface area contributed by atoms with Crippen LogP contribution in [0.15, 0.2) is 39.9 Å². The molecule has 43 heavy (non-hydrogen) atoms. The monoisotopic (exact) mass is 660 g/mol. The number of furan rings is 1. The van der Waals surface area contributed by atoms with Gasteiger partial charge in [-0.1, -0.05) is 6.58 Å². The van der Waals surface area contributed by atoms with Gasteiger partial charge in [-0.05, 0) is 54.9 Å². The van der Waals surface area contributed by atoms with Crippen molar-refractivity contribution in [1.29, 1.82) is 5.26 Å². The first-order valence-electron chi connectivity index (χ1n) is 13.7. The lowest BCUT2D eigenvalue weighted by Gasteiger charge is -2.41. The number of ether oxygens (including phenoxy) is 2. The Morgan fingerprint density at radius 1 is 1.28 bits per heavy atom. The van der Waals surface area contributed by atoms with Crippen LogP contribution in [0.5, 0.6) is 6.01 Å². The van der Waals surface area contributed by atoms with Crippen LogP contribution in [0.1, 0.15) is 33.6 Å². The molecule has 2 saturated heterocycles. The highest BCUT2D eigenvalue weighted by molar-refractivity contribution is 9.10. The predicted molar refractivity (Wildman–Crippen MR) is 157 cm³/mol. The van der Waals surface area contributed by atoms with Crippen LogP contribution in [-0.4, -0.2) is 88.2 Å². The van der Waals surface area contributed by atoms with Crippen molar-refractivity contribution in [3.8, 4) is 12.1 Å². The number of hydrogen-bond acceptors (Lipinski definition) is 9. The van der Waals surface area contributed by atoms with Crippen molar-refractivity contribution in [2.75, 3.05) is 37.7 Å². The highest BCUT2D eigenvalue weighted by Crippen LogP contribution is 2.39. The van der Waals surface area contributed by atoms with E-state index in [1.54, 1.807) is 44.1 Å². The zero-order valence-electron chi connectivity index (χ0n) is 24.0. The van der Waals surface area contributed by atoms with Gasteiger partial charge in [-0.15, -0.1) is 0 Å². The number of alkyl halides is 2. The highest BCUT2D eigenvalue weighted by Gasteiger charge is 2.48. The third kappa shape index (κ3) is 6.36. The number of likely N-dealkylation sites (tertiary alicyclic amines) is 1. The molecule has 0 N–H and O–H groups in total. The standard InChI is InChI=1S/C29H31BrF2N6O5/c1-5-22(39)37-10-9-36(14-17(37)6-8-33)25-23-21(12-20(30)19-7-11-41-24(19)23)34-26(35-25)42-15-18-13-29(31,32)16-38(18)27(40)43-28(2,3)4/h5,7,11-12,17-18H,1,6,9-10,13-16H2,2-4H3/t17-,18-/m0/s1. The fraction of sp³-hybridized carbons (Fsp3) is 0.483. The Labute approximate surface area is 255 Å². The minimum atomic E-state index is -3.10. The minimum absolute atomic E-state index is 0.0823. The number of halogens is 3. The second-order valence-electron chi connectivity index (χ2n) is 11.6. The molecule has 2 aromatic heterocycles. The number of fused-ring (bicyclic) bond motifs is 3. The summed E-state index contributed by atoms with van der Waals surface area (Å²) in [4.78, 5) is 39.0. The molecule has 2 aliphatic rings. The number of hydrogen-bond donors (Lipinski definition) is 0. The van der Waals surface area contributed by atoms with Gasteiger partial charge in [-0.2, -0.15) is 15.2 Å². The molecule has 2 fully saturated rings. The third-order valence-electron chi connectivity index (χ3n) is 7.29. The van der Waals surface area contributed by atoms with Gasteiger partial charge in [0.05, 0.1) is 48.3 Å². The fourth-order valence-electron chi connectivity index (χ4n) is 5.44. The summed E-state index contributed by atoms with van der Waals surface area (Å²) >= 11 is 3.55. The number of rotatable bonds is 6. The summed E-state index contributed by atoms with van der Waals surface area (Å²) in [5.41, 5.74) is 0.140. The summed E-state index contributed by atoms with van der Waals surface area (Å²) in [6.07, 6.45) is 1.43. The van der Waals surface area contributed by atoms with Gasteiger partial charge in [-0.25, -0.2) is 13.6 Å². The van der Waals surface area contributed by atoms with Crippen molar-refractivity contribution in [2.45, 2.75) is 57.2 Å². The summed E-state index contributed by atoms with van der Waals surface area (Å²) < 4.78 is 46.7. The van der Waals surface area contributed by atoms with Crippen LogP contribution in [-0.2, 0) is 9.53 Å². The topological polar surface area (TPSA) is 125 Å². The lowest BCUT2D eigenvalue weighted by Crippen LogP contribution is -2.55. The predicted octanol–water partition coefficient (Wildman–Crippen LogP) is 5.28. The molecule has 0 saturated carbocycles. The minimum Gasteiger partial charge on any atom is -0.463 e. The van der Waals surface area contributed by atoms with E-state index in [-0.39, 0.29) is 31.5 Å². The zero-order chi connectivity index (χ0) is 31.1. The van der Waals surface area contributed by atoms with Gasteiger partial charge in [0.15, 0.2) is 0 Å². The van der Waals surface area contributed by atoms with E-state index < -0.39 is 42.7 Å². The maximum Gasteiger partial charge on any atom is 0.410 e. The zero-order valence-corrected chi connectivity index (χ0v) is 25.6. The highest BCUT2D eigenvalue weighted by atomic mass is 79.9. The maximum absolute atomic E-state index is 14.4. The number of carbonyl (C=O) groups is 2. The molecule has 0 aliphatic carbocycles. The smallest absolute Gasteiger partial charge is 0.410 e. The van der Waals surface area contributed by atoms with Gasteiger partial charge in [0.1, 0.15) is 23.6 Å². The molecule has 2 aliphatic heterocycles. The fourth-order valence-corrected chi connectivity index (χ4v) is 5.97. The molecule has 11 nitrogen and oxygen atoms in total. The van der Waals surface area contributed by atoms with E-state index >= 15 is 0 Å². The van der Waals surface area contributed by atoms with E-state index in [0.717, 1.165) is 14.8 Å². The van der Waals surface area contributed by atoms with Crippen LogP contribution >= 0.6 is 15.9 Å². The summed E-state index contributed by atoms with van der Waals surface area (Å²) in [5, 5.41) is 10.8. The van der Waals surface area contributed by atoms with Gasteiger partial charge in [0.2, 0.25) is 5.91 Å². The largest absolute Gasteiger partial charge is 0.463 e. The molecule has 14 heteroatoms. The van der Waals surface area contributed by atoms with Crippen molar-refractivity contribution >= 4 is 55.6 Å². The lowest BCUT2D eigenvalue weighted by atomic mass is 10.1. The van der Waals surface area contributed by atoms with E-state index in [0.29, 0.717) is 35.4 Å². The van der Waals surface area contributed by atoms with Crippen molar-refractivity contribution < 1.29 is 32.3 Å². The molecular formula is C29H31BrF2N6O5. The first-order chi connectivity index (χ1) is 20.3. The first kappa shape index (κ1) is 30.5. The molecule has 228 valence electrons. The SMILES string of the molecule is C=CC(=O)N1CCN(c2nc(OC[C@@H]3CC(F)(F)CN3C(=O)OC(C)(C)C)nc3cc(Br)c4ccoc4c23)C[C@@H]1CC#N. The summed E-state index contributed by atoms with van der Waals surface area (Å²) in [5.74, 6) is -2.92. The van der Waals surface area contributed by atoms with Crippen molar-refractivity contribution in [3.05, 3.63) is 35.5 Å². The van der Waals surface area contributed by atoms with Gasteiger partial charge in [-0.3, -0.25) is 9.69 Å². The van der Waals surface area contributed by atoms with Crippen LogP contribution in [0.4, 0.5) is 19.4 Å². The number of nitrogens with zero attached hydrogens (tertiary/aromatic N) is 6. The van der Waals surface area contributed by atoms with Crippen molar-refractivity contribution in [2.24, 2.45) is 0 Å². The average molecular weight is 662 g/mol. The summed E-state index contributed by atoms with van der Waals surface area (Å²) in [6, 6.07) is 4.25. The number of carbonyl (C=O) groups excluding carboxylic acids is 2. The molecule has 4 heterocycles. The van der Waals surface area contributed by atoms with Crippen molar-refractivity contribution in [3.63, 3.8) is 0 Å². The van der Waals surface area contributed by atoms with E-state index in [2.05, 4.69) is 38.5 Å². The molecule has 3 aromatic rings. The van der Waals surface area contributed by atoms with Gasteiger partial charge >= 0.3 is 12.1 Å². The Morgan fingerprint density at radius 2 is 2.05 bits per heavy atom. The average Bonchev–Trinajstić information content (AvgIpc) is 3.55. The van der Waals surface area contributed by atoms with E-state index in [1.165, 1.54) is 6.08 Å². The molecular weight excluding hydrogens is 630 g/mol. The van der Waals surface area contributed by atoms with Crippen LogP contribution in [0.2, 0.25) is 0 Å². The number of nitriles is 1. The van der Waals surface area contributed by atoms with Gasteiger partial charge in [0, 0.05) is 35.9 Å². The molecule has 0 spiro atoms. The maximum atomic E-state index is 14.4. The lowest BCUT2D eigenvalue weighted by molar-refractivity contribution is -0.128. The van der Waals surface area contributed by atoms with Gasteiger partial charge in [0.25, 0.3) is 5.92 Å². The van der Waals surface area contributed by atoms with E-state index in [9.17, 15) is 23.6 Å². The molecule has 0 radical (unpaired) electrons. The normalized spacial score (nSPS) is 20.3. The number of amides is 2. The number of anilines is 1.